The Kier molecular flexibility index (Phi) is 5.06. The van der Waals surface area contributed by atoms with E-state index in [0.717, 1.165) is 26.4 Å². The van der Waals surface area contributed by atoms with Crippen LogP contribution in [0.3, 0.4) is 0 Å². The Morgan fingerprint density at radius 3 is 2.58 bits per heavy atom. The molecule has 3 aromatic rings. The van der Waals surface area contributed by atoms with Crippen molar-refractivity contribution in [3.8, 4) is 11.3 Å². The Morgan fingerprint density at radius 2 is 1.92 bits per heavy atom. The fourth-order valence-electron chi connectivity index (χ4n) is 2.42. The molecular formula is C18H17BrN4S. The van der Waals surface area contributed by atoms with Crippen LogP contribution in [0.5, 0.6) is 0 Å². The van der Waals surface area contributed by atoms with Gasteiger partial charge in [0.25, 0.3) is 0 Å². The van der Waals surface area contributed by atoms with E-state index in [0.29, 0.717) is 0 Å². The minimum Gasteiger partial charge on any atom is -0.318 e. The van der Waals surface area contributed by atoms with Gasteiger partial charge in [-0.1, -0.05) is 45.5 Å². The van der Waals surface area contributed by atoms with Crippen molar-refractivity contribution in [1.82, 2.24) is 9.55 Å². The summed E-state index contributed by atoms with van der Waals surface area (Å²) in [6, 6.07) is 14.1. The van der Waals surface area contributed by atoms with Crippen molar-refractivity contribution >= 4 is 33.0 Å². The predicted molar refractivity (Wildman–Crippen MR) is 103 cm³/mol. The third-order valence-corrected chi connectivity index (χ3v) is 5.21. The Balaban J connectivity index is 2.01. The first kappa shape index (κ1) is 16.8. The van der Waals surface area contributed by atoms with E-state index in [9.17, 15) is 0 Å². The molecule has 0 bridgehead atoms. The molecule has 122 valence electrons. The standard InChI is InChI=1S/C18H17BrN4S/c1-12(16-6-4-5-11-20-16)21-22-18-23(3)17(13(2)24-18)14-7-9-15(19)10-8-14/h4-11H,1-3H3/b21-12+,22-18-. The fraction of sp³-hybridized carbons (Fsp3) is 0.167. The van der Waals surface area contributed by atoms with E-state index >= 15 is 0 Å². The smallest absolute Gasteiger partial charge is 0.211 e. The van der Waals surface area contributed by atoms with Crippen LogP contribution in [0.25, 0.3) is 11.3 Å². The Hall–Kier alpha value is -2.05. The molecule has 0 aliphatic heterocycles. The third-order valence-electron chi connectivity index (χ3n) is 3.64. The molecule has 2 aromatic heterocycles. The maximum atomic E-state index is 4.43. The molecule has 0 amide bonds. The largest absolute Gasteiger partial charge is 0.318 e. The minimum atomic E-state index is 0.798. The zero-order chi connectivity index (χ0) is 17.1. The van der Waals surface area contributed by atoms with Gasteiger partial charge in [0.2, 0.25) is 4.80 Å². The number of hydrogen-bond acceptors (Lipinski definition) is 4. The summed E-state index contributed by atoms with van der Waals surface area (Å²) in [5.74, 6) is 0. The molecule has 0 spiro atoms. The van der Waals surface area contributed by atoms with Gasteiger partial charge in [-0.15, -0.1) is 5.10 Å². The van der Waals surface area contributed by atoms with Crippen LogP contribution in [-0.4, -0.2) is 15.3 Å². The fourth-order valence-corrected chi connectivity index (χ4v) is 3.62. The molecule has 0 atom stereocenters. The van der Waals surface area contributed by atoms with Crippen LogP contribution in [0.15, 0.2) is 63.3 Å². The van der Waals surface area contributed by atoms with Crippen LogP contribution in [0, 0.1) is 6.92 Å². The van der Waals surface area contributed by atoms with Gasteiger partial charge in [0.05, 0.1) is 17.1 Å². The van der Waals surface area contributed by atoms with E-state index in [4.69, 9.17) is 0 Å². The van der Waals surface area contributed by atoms with E-state index in [1.807, 2.05) is 44.3 Å². The summed E-state index contributed by atoms with van der Waals surface area (Å²) in [5.41, 5.74) is 3.97. The highest BCUT2D eigenvalue weighted by molar-refractivity contribution is 9.10. The maximum Gasteiger partial charge on any atom is 0.211 e. The molecule has 0 aliphatic rings. The monoisotopic (exact) mass is 400 g/mol. The van der Waals surface area contributed by atoms with Crippen molar-refractivity contribution in [2.75, 3.05) is 0 Å². The molecule has 0 unspecified atom stereocenters. The van der Waals surface area contributed by atoms with Crippen molar-refractivity contribution in [2.45, 2.75) is 13.8 Å². The number of thiazole rings is 1. The van der Waals surface area contributed by atoms with Crippen LogP contribution in [0.4, 0.5) is 0 Å². The molecule has 0 saturated carbocycles. The molecule has 1 aromatic carbocycles. The first-order valence-corrected chi connectivity index (χ1v) is 9.09. The Morgan fingerprint density at radius 1 is 1.17 bits per heavy atom. The first-order chi connectivity index (χ1) is 11.6. The summed E-state index contributed by atoms with van der Waals surface area (Å²) in [6.07, 6.45) is 1.76. The molecule has 24 heavy (non-hydrogen) atoms. The van der Waals surface area contributed by atoms with E-state index in [2.05, 4.69) is 54.7 Å². The van der Waals surface area contributed by atoms with Gasteiger partial charge in [0.15, 0.2) is 0 Å². The zero-order valence-electron chi connectivity index (χ0n) is 13.7. The van der Waals surface area contributed by atoms with Gasteiger partial charge in [0.1, 0.15) is 0 Å². The van der Waals surface area contributed by atoms with Gasteiger partial charge < -0.3 is 4.57 Å². The molecule has 4 nitrogen and oxygen atoms in total. The average molecular weight is 401 g/mol. The number of nitrogens with zero attached hydrogens (tertiary/aromatic N) is 4. The average Bonchev–Trinajstić information content (AvgIpc) is 2.88. The van der Waals surface area contributed by atoms with Crippen LogP contribution >= 0.6 is 27.3 Å². The van der Waals surface area contributed by atoms with Crippen LogP contribution in [-0.2, 0) is 7.05 Å². The molecule has 2 heterocycles. The molecule has 0 radical (unpaired) electrons. The lowest BCUT2D eigenvalue weighted by atomic mass is 10.1. The number of aromatic nitrogens is 2. The van der Waals surface area contributed by atoms with Crippen LogP contribution < -0.4 is 4.80 Å². The number of halogens is 1. The summed E-state index contributed by atoms with van der Waals surface area (Å²) >= 11 is 5.11. The second kappa shape index (κ2) is 7.23. The lowest BCUT2D eigenvalue weighted by molar-refractivity contribution is 0.860. The Labute approximate surface area is 153 Å². The predicted octanol–water partition coefficient (Wildman–Crippen LogP) is 4.54. The van der Waals surface area contributed by atoms with E-state index in [1.165, 1.54) is 10.4 Å². The SMILES string of the molecule is C/C(=N\N=c1/sc(C)c(-c2ccc(Br)cc2)n1C)c1ccccn1. The number of pyridine rings is 1. The molecule has 0 saturated heterocycles. The number of benzene rings is 1. The highest BCUT2D eigenvalue weighted by atomic mass is 79.9. The van der Waals surface area contributed by atoms with Crippen molar-refractivity contribution in [3.05, 3.63) is 68.5 Å². The van der Waals surface area contributed by atoms with Gasteiger partial charge in [-0.2, -0.15) is 5.10 Å². The summed E-state index contributed by atoms with van der Waals surface area (Å²) in [5, 5.41) is 8.78. The van der Waals surface area contributed by atoms with Crippen molar-refractivity contribution in [3.63, 3.8) is 0 Å². The second-order valence-electron chi connectivity index (χ2n) is 5.36. The second-order valence-corrected chi connectivity index (χ2v) is 7.45. The summed E-state index contributed by atoms with van der Waals surface area (Å²) in [6.45, 7) is 4.03. The quantitative estimate of drug-likeness (QED) is 0.469. The molecular weight excluding hydrogens is 384 g/mol. The van der Waals surface area contributed by atoms with E-state index < -0.39 is 0 Å². The van der Waals surface area contributed by atoms with E-state index in [-0.39, 0.29) is 0 Å². The maximum absolute atomic E-state index is 4.43. The van der Waals surface area contributed by atoms with Gasteiger partial charge >= 0.3 is 0 Å². The van der Waals surface area contributed by atoms with E-state index in [1.54, 1.807) is 17.5 Å². The van der Waals surface area contributed by atoms with Gasteiger partial charge in [-0.05, 0) is 43.7 Å². The van der Waals surface area contributed by atoms with Crippen LogP contribution in [0.1, 0.15) is 17.5 Å². The molecule has 0 aliphatic carbocycles. The van der Waals surface area contributed by atoms with Crippen molar-refractivity contribution in [1.29, 1.82) is 0 Å². The highest BCUT2D eigenvalue weighted by Gasteiger charge is 2.10. The van der Waals surface area contributed by atoms with Gasteiger partial charge in [0, 0.05) is 22.6 Å². The summed E-state index contributed by atoms with van der Waals surface area (Å²) in [7, 11) is 2.02. The first-order valence-electron chi connectivity index (χ1n) is 7.48. The lowest BCUT2D eigenvalue weighted by Gasteiger charge is -2.04. The highest BCUT2D eigenvalue weighted by Crippen LogP contribution is 2.25. The van der Waals surface area contributed by atoms with Gasteiger partial charge in [-0.25, -0.2) is 0 Å². The van der Waals surface area contributed by atoms with Crippen molar-refractivity contribution < 1.29 is 0 Å². The molecule has 0 fully saturated rings. The van der Waals surface area contributed by atoms with Crippen LogP contribution in [0.2, 0.25) is 0 Å². The molecule has 0 N–H and O–H groups in total. The molecule has 6 heteroatoms. The summed E-state index contributed by atoms with van der Waals surface area (Å²) < 4.78 is 3.15. The zero-order valence-corrected chi connectivity index (χ0v) is 16.1. The minimum absolute atomic E-state index is 0.798. The summed E-state index contributed by atoms with van der Waals surface area (Å²) in [4.78, 5) is 6.37. The normalized spacial score (nSPS) is 12.7. The number of aryl methyl sites for hydroxylation is 1. The van der Waals surface area contributed by atoms with Crippen molar-refractivity contribution in [2.24, 2.45) is 17.3 Å². The molecule has 3 rings (SSSR count). The number of rotatable bonds is 3. The topological polar surface area (TPSA) is 42.5 Å². The Bertz CT molecular complexity index is 937. The third kappa shape index (κ3) is 3.55. The number of hydrogen-bond donors (Lipinski definition) is 0. The lowest BCUT2D eigenvalue weighted by Crippen LogP contribution is -2.11. The van der Waals surface area contributed by atoms with Gasteiger partial charge in [-0.3, -0.25) is 4.98 Å².